The third-order valence-electron chi connectivity index (χ3n) is 6.20. The molecule has 0 amide bonds. The SMILES string of the molecule is CC12CC13CC3CC2OC(=O)/C=C/c1ccc2c(c1)OCO2. The van der Waals surface area contributed by atoms with Crippen LogP contribution in [0.1, 0.15) is 31.7 Å². The molecule has 1 aliphatic heterocycles. The van der Waals surface area contributed by atoms with Gasteiger partial charge in [0.25, 0.3) is 0 Å². The maximum Gasteiger partial charge on any atom is 0.331 e. The summed E-state index contributed by atoms with van der Waals surface area (Å²) in [7, 11) is 0. The summed E-state index contributed by atoms with van der Waals surface area (Å²) in [5, 5.41) is 0. The van der Waals surface area contributed by atoms with E-state index in [2.05, 4.69) is 6.92 Å². The molecular weight excluding hydrogens is 280 g/mol. The van der Waals surface area contributed by atoms with E-state index < -0.39 is 0 Å². The fourth-order valence-electron chi connectivity index (χ4n) is 4.71. The van der Waals surface area contributed by atoms with Gasteiger partial charge in [-0.3, -0.25) is 0 Å². The zero-order valence-electron chi connectivity index (χ0n) is 12.5. The molecule has 1 spiro atoms. The summed E-state index contributed by atoms with van der Waals surface area (Å²) in [5.74, 6) is 2.04. The third-order valence-corrected chi connectivity index (χ3v) is 6.20. The number of carbonyl (C=O) groups is 1. The lowest BCUT2D eigenvalue weighted by Gasteiger charge is -2.20. The van der Waals surface area contributed by atoms with Crippen LogP contribution in [0.15, 0.2) is 24.3 Å². The second-order valence-electron chi connectivity index (χ2n) is 7.26. The van der Waals surface area contributed by atoms with Crippen LogP contribution in [-0.4, -0.2) is 18.9 Å². The Labute approximate surface area is 129 Å². The number of ether oxygens (including phenoxy) is 3. The van der Waals surface area contributed by atoms with Crippen molar-refractivity contribution in [3.8, 4) is 11.5 Å². The van der Waals surface area contributed by atoms with Crippen molar-refractivity contribution >= 4 is 12.0 Å². The lowest BCUT2D eigenvalue weighted by atomic mass is 9.99. The van der Waals surface area contributed by atoms with E-state index >= 15 is 0 Å². The second kappa shape index (κ2) is 3.86. The molecule has 1 heterocycles. The molecule has 3 aliphatic carbocycles. The van der Waals surface area contributed by atoms with E-state index in [1.165, 1.54) is 18.9 Å². The highest BCUT2D eigenvalue weighted by Gasteiger charge is 2.85. The third kappa shape index (κ3) is 1.55. The smallest absolute Gasteiger partial charge is 0.331 e. The van der Waals surface area contributed by atoms with Crippen LogP contribution >= 0.6 is 0 Å². The zero-order chi connectivity index (χ0) is 14.9. The lowest BCUT2D eigenvalue weighted by molar-refractivity contribution is -0.146. The Balaban J connectivity index is 1.25. The van der Waals surface area contributed by atoms with Crippen LogP contribution in [0.4, 0.5) is 0 Å². The average Bonchev–Trinajstić information content (AvgIpc) is 3.23. The molecule has 4 atom stereocenters. The largest absolute Gasteiger partial charge is 0.459 e. The highest BCUT2D eigenvalue weighted by atomic mass is 16.7. The van der Waals surface area contributed by atoms with Gasteiger partial charge in [0.05, 0.1) is 0 Å². The average molecular weight is 298 g/mol. The van der Waals surface area contributed by atoms with E-state index in [1.54, 1.807) is 6.08 Å². The van der Waals surface area contributed by atoms with Crippen LogP contribution in [0.3, 0.4) is 0 Å². The molecule has 22 heavy (non-hydrogen) atoms. The molecule has 5 rings (SSSR count). The number of carbonyl (C=O) groups excluding carboxylic acids is 1. The van der Waals surface area contributed by atoms with Crippen LogP contribution < -0.4 is 9.47 Å². The standard InChI is InChI=1S/C18H18O4/c1-17-9-18(17)8-12(18)7-15(17)22-16(19)5-3-11-2-4-13-14(6-11)21-10-20-13/h2-6,12,15H,7-10H2,1H3/b5-3+. The molecule has 114 valence electrons. The van der Waals surface area contributed by atoms with Crippen molar-refractivity contribution in [2.45, 2.75) is 32.3 Å². The van der Waals surface area contributed by atoms with Crippen molar-refractivity contribution in [3.05, 3.63) is 29.8 Å². The molecule has 0 radical (unpaired) electrons. The molecule has 4 nitrogen and oxygen atoms in total. The first-order valence-corrected chi connectivity index (χ1v) is 7.89. The molecule has 1 aromatic rings. The second-order valence-corrected chi connectivity index (χ2v) is 7.26. The Morgan fingerprint density at radius 3 is 3.00 bits per heavy atom. The Morgan fingerprint density at radius 1 is 1.36 bits per heavy atom. The molecule has 4 unspecified atom stereocenters. The van der Waals surface area contributed by atoms with E-state index in [1.807, 2.05) is 18.2 Å². The Kier molecular flexibility index (Phi) is 2.20. The highest BCUT2D eigenvalue weighted by molar-refractivity contribution is 5.87. The van der Waals surface area contributed by atoms with Crippen LogP contribution in [-0.2, 0) is 9.53 Å². The predicted molar refractivity (Wildman–Crippen MR) is 79.4 cm³/mol. The zero-order valence-corrected chi connectivity index (χ0v) is 12.5. The van der Waals surface area contributed by atoms with Gasteiger partial charge in [-0.25, -0.2) is 4.79 Å². The molecule has 0 N–H and O–H groups in total. The maximum absolute atomic E-state index is 12.1. The topological polar surface area (TPSA) is 44.8 Å². The summed E-state index contributed by atoms with van der Waals surface area (Å²) in [4.78, 5) is 12.1. The van der Waals surface area contributed by atoms with E-state index in [-0.39, 0.29) is 24.3 Å². The summed E-state index contributed by atoms with van der Waals surface area (Å²) >= 11 is 0. The van der Waals surface area contributed by atoms with Crippen molar-refractivity contribution in [2.75, 3.05) is 6.79 Å². The van der Waals surface area contributed by atoms with E-state index in [9.17, 15) is 4.79 Å². The summed E-state index contributed by atoms with van der Waals surface area (Å²) in [6, 6.07) is 5.63. The Morgan fingerprint density at radius 2 is 2.23 bits per heavy atom. The number of hydrogen-bond acceptors (Lipinski definition) is 4. The van der Waals surface area contributed by atoms with Gasteiger partial charge in [-0.05, 0) is 54.4 Å². The van der Waals surface area contributed by atoms with Crippen molar-refractivity contribution < 1.29 is 19.0 Å². The molecular formula is C18H18O4. The molecule has 0 bridgehead atoms. The quantitative estimate of drug-likeness (QED) is 0.635. The van der Waals surface area contributed by atoms with Crippen LogP contribution in [0, 0.1) is 16.7 Å². The van der Waals surface area contributed by atoms with E-state index in [0.717, 1.165) is 29.4 Å². The lowest BCUT2D eigenvalue weighted by Crippen LogP contribution is -2.24. The van der Waals surface area contributed by atoms with Gasteiger partial charge in [0.1, 0.15) is 6.10 Å². The number of esters is 1. The van der Waals surface area contributed by atoms with Gasteiger partial charge in [0.15, 0.2) is 11.5 Å². The molecule has 0 aromatic heterocycles. The van der Waals surface area contributed by atoms with Crippen LogP contribution in [0.5, 0.6) is 11.5 Å². The highest BCUT2D eigenvalue weighted by Crippen LogP contribution is 2.89. The first-order valence-electron chi connectivity index (χ1n) is 7.89. The minimum absolute atomic E-state index is 0.111. The molecule has 4 aliphatic rings. The maximum atomic E-state index is 12.1. The summed E-state index contributed by atoms with van der Waals surface area (Å²) in [5.41, 5.74) is 1.73. The normalized spacial score (nSPS) is 39.5. The molecule has 4 heteroatoms. The summed E-state index contributed by atoms with van der Waals surface area (Å²) in [6.07, 6.45) is 7.05. The fraction of sp³-hybridized carbons (Fsp3) is 0.500. The van der Waals surface area contributed by atoms with Gasteiger partial charge in [-0.15, -0.1) is 0 Å². The number of rotatable bonds is 3. The van der Waals surface area contributed by atoms with Gasteiger partial charge in [-0.1, -0.05) is 13.0 Å². The van der Waals surface area contributed by atoms with E-state index in [4.69, 9.17) is 14.2 Å². The van der Waals surface area contributed by atoms with Crippen molar-refractivity contribution in [2.24, 2.45) is 16.7 Å². The fourth-order valence-corrected chi connectivity index (χ4v) is 4.71. The molecule has 3 fully saturated rings. The van der Waals surface area contributed by atoms with Crippen molar-refractivity contribution in [3.63, 3.8) is 0 Å². The first kappa shape index (κ1) is 12.6. The van der Waals surface area contributed by atoms with Gasteiger partial charge in [0.2, 0.25) is 6.79 Å². The van der Waals surface area contributed by atoms with Gasteiger partial charge < -0.3 is 14.2 Å². The van der Waals surface area contributed by atoms with Crippen molar-refractivity contribution in [1.82, 2.24) is 0 Å². The number of hydrogen-bond donors (Lipinski definition) is 0. The number of fused-ring (bicyclic) bond motifs is 1. The van der Waals surface area contributed by atoms with Gasteiger partial charge >= 0.3 is 5.97 Å². The molecule has 1 aromatic carbocycles. The Bertz CT molecular complexity index is 709. The molecule has 0 saturated heterocycles. The summed E-state index contributed by atoms with van der Waals surface area (Å²) in [6.45, 7) is 2.53. The predicted octanol–water partition coefficient (Wildman–Crippen LogP) is 3.16. The van der Waals surface area contributed by atoms with Crippen molar-refractivity contribution in [1.29, 1.82) is 0 Å². The molecule has 3 saturated carbocycles. The first-order chi connectivity index (χ1) is 10.6. The van der Waals surface area contributed by atoms with Crippen LogP contribution in [0.2, 0.25) is 0 Å². The number of benzene rings is 1. The summed E-state index contributed by atoms with van der Waals surface area (Å²) < 4.78 is 16.3. The van der Waals surface area contributed by atoms with Gasteiger partial charge in [-0.2, -0.15) is 0 Å². The Hall–Kier alpha value is -1.97. The van der Waals surface area contributed by atoms with Crippen LogP contribution in [0.25, 0.3) is 6.08 Å². The monoisotopic (exact) mass is 298 g/mol. The van der Waals surface area contributed by atoms with E-state index in [0.29, 0.717) is 5.41 Å². The van der Waals surface area contributed by atoms with Gasteiger partial charge in [0, 0.05) is 11.5 Å². The minimum atomic E-state index is -0.243. The minimum Gasteiger partial charge on any atom is -0.459 e.